The first-order valence-electron chi connectivity index (χ1n) is 0.378. The van der Waals surface area contributed by atoms with Gasteiger partial charge in [-0.2, -0.15) is 0 Å². The molecule has 0 saturated carbocycles. The van der Waals surface area contributed by atoms with Crippen LogP contribution in [-0.4, -0.2) is 67.3 Å². The third-order valence-electron chi connectivity index (χ3n) is 0. The molecule has 0 rings (SSSR count). The molecule has 0 radical (unpaired) electrons. The molecule has 0 aliphatic heterocycles. The van der Waals surface area contributed by atoms with Crippen LogP contribution < -0.4 is 6.15 Å². The molecule has 0 aromatic heterocycles. The van der Waals surface area contributed by atoms with Crippen molar-refractivity contribution in [3.8, 4) is 0 Å². The molecule has 0 fully saturated rings. The Morgan fingerprint density at radius 1 is 1.25 bits per heavy atom. The summed E-state index contributed by atoms with van der Waals surface area (Å²) in [6, 6.07) is 0. The van der Waals surface area contributed by atoms with Gasteiger partial charge in [0.25, 0.3) is 0 Å². The van der Waals surface area contributed by atoms with Crippen LogP contribution in [0, 0.1) is 0 Å². The SMILES string of the molecule is N.[AlH3].[F][K]. The fraction of sp³-hybridized carbons (Fsp3) is 0. The van der Waals surface area contributed by atoms with Gasteiger partial charge in [0.05, 0.1) is 0 Å². The maximum atomic E-state index is 9.69. The van der Waals surface area contributed by atoms with Crippen LogP contribution in [0.25, 0.3) is 0 Å². The van der Waals surface area contributed by atoms with Crippen molar-refractivity contribution in [1.82, 2.24) is 6.15 Å². The van der Waals surface area contributed by atoms with E-state index in [1.54, 1.807) is 0 Å². The molecule has 0 aliphatic carbocycles. The van der Waals surface area contributed by atoms with Gasteiger partial charge in [0, 0.05) is 0 Å². The molecule has 0 spiro atoms. The minimum absolute atomic E-state index is 0. The van der Waals surface area contributed by atoms with Crippen molar-refractivity contribution in [1.29, 1.82) is 0 Å². The number of hydrogen-bond acceptors (Lipinski definition) is 1. The van der Waals surface area contributed by atoms with Gasteiger partial charge in [0.2, 0.25) is 0 Å². The van der Waals surface area contributed by atoms with E-state index in [-0.39, 0.29) is 23.5 Å². The zero-order valence-electron chi connectivity index (χ0n) is 2.09. The topological polar surface area (TPSA) is 35.0 Å². The van der Waals surface area contributed by atoms with E-state index < -0.39 is 49.9 Å². The molecule has 22 valence electrons. The van der Waals surface area contributed by atoms with Gasteiger partial charge < -0.3 is 6.15 Å². The summed E-state index contributed by atoms with van der Waals surface area (Å²) in [6.07, 6.45) is 0. The zero-order valence-corrected chi connectivity index (χ0v) is 5.21. The van der Waals surface area contributed by atoms with Gasteiger partial charge in [-0.15, -0.1) is 0 Å². The summed E-state index contributed by atoms with van der Waals surface area (Å²) in [5.41, 5.74) is 0. The molecule has 3 N–H and O–H groups in total. The summed E-state index contributed by atoms with van der Waals surface area (Å²) in [6.45, 7) is 0. The first-order chi connectivity index (χ1) is 1.00. The van der Waals surface area contributed by atoms with Gasteiger partial charge in [-0.1, -0.05) is 0 Å². The molecule has 0 amide bonds. The van der Waals surface area contributed by atoms with E-state index in [1.807, 2.05) is 0 Å². The zero-order chi connectivity index (χ0) is 2.00. The number of halogens is 1. The van der Waals surface area contributed by atoms with Crippen LogP contribution in [0.3, 0.4) is 0 Å². The van der Waals surface area contributed by atoms with Crippen molar-refractivity contribution >= 4 is 67.3 Å². The Bertz CT molecular complexity index is 8.00. The second-order valence-electron chi connectivity index (χ2n) is 0. The Hall–Kier alpha value is 2.06. The standard InChI is InChI=1S/Al.FH.K.H3N.3H/h;1H;;1H3;;;/q;;+1;;;;/p-1. The fourth-order valence-electron chi connectivity index (χ4n) is 0. The van der Waals surface area contributed by atoms with Crippen molar-refractivity contribution in [3.63, 3.8) is 0 Å². The predicted molar refractivity (Wildman–Crippen MR) is 21.8 cm³/mol. The van der Waals surface area contributed by atoms with Crippen molar-refractivity contribution in [2.24, 2.45) is 0 Å². The van der Waals surface area contributed by atoms with Crippen molar-refractivity contribution < 1.29 is -0.211 Å². The molecular formula is H6AlFKN. The Balaban J connectivity index is -0.00000000500. The number of rotatable bonds is 0. The van der Waals surface area contributed by atoms with Crippen LogP contribution >= 0.6 is 0 Å². The molecule has 4 heavy (non-hydrogen) atoms. The molecule has 0 atom stereocenters. The van der Waals surface area contributed by atoms with Gasteiger partial charge >= 0.3 is 49.7 Å². The summed E-state index contributed by atoms with van der Waals surface area (Å²) in [7, 11) is 0. The molecule has 0 saturated heterocycles. The molecule has 0 heterocycles. The van der Waals surface area contributed by atoms with Crippen LogP contribution in [0.15, 0.2) is 0 Å². The average molecular weight is 105 g/mol. The van der Waals surface area contributed by atoms with Crippen LogP contribution in [0.5, 0.6) is 0 Å². The predicted octanol–water partition coefficient (Wildman–Crippen LogP) is -0.983. The van der Waals surface area contributed by atoms with Crippen LogP contribution in [0.2, 0.25) is 0 Å². The van der Waals surface area contributed by atoms with Crippen molar-refractivity contribution in [3.05, 3.63) is 0 Å². The molecule has 4 heteroatoms. The maximum absolute atomic E-state index is 9.69. The van der Waals surface area contributed by atoms with Crippen molar-refractivity contribution in [2.45, 2.75) is 0 Å². The van der Waals surface area contributed by atoms with E-state index in [9.17, 15) is -0.211 Å². The van der Waals surface area contributed by atoms with E-state index in [2.05, 4.69) is 0 Å². The molecule has 0 aromatic carbocycles. The third kappa shape index (κ3) is 8.96. The number of hydrogen-bond donors (Lipinski definition) is 1. The Morgan fingerprint density at radius 2 is 1.25 bits per heavy atom. The Labute approximate surface area is 71.6 Å². The van der Waals surface area contributed by atoms with Gasteiger partial charge in [0.15, 0.2) is 17.4 Å². The van der Waals surface area contributed by atoms with Gasteiger partial charge in [-0.3, -0.25) is 0 Å². The van der Waals surface area contributed by atoms with Gasteiger partial charge in [-0.25, -0.2) is 0 Å². The third-order valence-corrected chi connectivity index (χ3v) is 0. The van der Waals surface area contributed by atoms with E-state index in [1.165, 1.54) is 0 Å². The molecule has 0 bridgehead atoms. The molecule has 1 nitrogen and oxygen atoms in total. The summed E-state index contributed by atoms with van der Waals surface area (Å²) in [4.78, 5) is 0. The summed E-state index contributed by atoms with van der Waals surface area (Å²) in [5, 5.41) is 0. The van der Waals surface area contributed by atoms with Gasteiger partial charge in [-0.05, 0) is 0 Å². The molecular weight excluding hydrogens is 99.1 g/mol. The Kier molecular flexibility index (Phi) is 81.5. The Morgan fingerprint density at radius 3 is 1.25 bits per heavy atom. The minimum atomic E-state index is -0.438. The first-order valence-corrected chi connectivity index (χ1v) is 1.56. The molecule has 0 aliphatic rings. The van der Waals surface area contributed by atoms with Crippen LogP contribution in [-0.2, 0) is 0 Å². The van der Waals surface area contributed by atoms with Crippen LogP contribution in [0.4, 0.5) is -0.211 Å². The second kappa shape index (κ2) is 19.7. The second-order valence-corrected chi connectivity index (χ2v) is 0. The van der Waals surface area contributed by atoms with Crippen LogP contribution in [0.1, 0.15) is 0 Å². The monoisotopic (exact) mass is 105 g/mol. The van der Waals surface area contributed by atoms with E-state index in [0.29, 0.717) is 0 Å². The quantitative estimate of drug-likeness (QED) is 0.395. The van der Waals surface area contributed by atoms with E-state index >= 15 is 0 Å². The van der Waals surface area contributed by atoms with E-state index in [0.717, 1.165) is 0 Å². The van der Waals surface area contributed by atoms with E-state index in [4.69, 9.17) is 0 Å². The molecule has 0 unspecified atom stereocenters. The fourth-order valence-corrected chi connectivity index (χ4v) is 0. The van der Waals surface area contributed by atoms with Gasteiger partial charge in [0.1, 0.15) is 0 Å². The normalized spacial score (nSPS) is 1.75. The molecule has 0 aromatic rings. The summed E-state index contributed by atoms with van der Waals surface area (Å²) in [5.74, 6) is 0. The summed E-state index contributed by atoms with van der Waals surface area (Å²) >= 11 is -0.438. The first kappa shape index (κ1) is 16.6. The van der Waals surface area contributed by atoms with Crippen molar-refractivity contribution in [2.75, 3.05) is 0 Å². The summed E-state index contributed by atoms with van der Waals surface area (Å²) < 4.78 is 9.69. The average Bonchev–Trinajstić information content (AvgIpc) is 1.00.